The summed E-state index contributed by atoms with van der Waals surface area (Å²) in [6, 6.07) is 7.59. The first-order chi connectivity index (χ1) is 9.99. The number of aromatic nitrogens is 1. The van der Waals surface area contributed by atoms with E-state index in [0.717, 1.165) is 16.3 Å². The van der Waals surface area contributed by atoms with Crippen molar-refractivity contribution in [3.8, 4) is 10.6 Å². The van der Waals surface area contributed by atoms with Gasteiger partial charge >= 0.3 is 5.97 Å². The van der Waals surface area contributed by atoms with Crippen LogP contribution in [0.25, 0.3) is 10.6 Å². The summed E-state index contributed by atoms with van der Waals surface area (Å²) in [6.45, 7) is 3.84. The van der Waals surface area contributed by atoms with E-state index in [-0.39, 0.29) is 5.92 Å². The lowest BCUT2D eigenvalue weighted by Crippen LogP contribution is -2.22. The Morgan fingerprint density at radius 2 is 2.14 bits per heavy atom. The minimum atomic E-state index is -0.767. The first-order valence-electron chi connectivity index (χ1n) is 6.52. The number of rotatable bonds is 6. The molecule has 0 saturated carbocycles. The van der Waals surface area contributed by atoms with Crippen LogP contribution in [0.1, 0.15) is 19.5 Å². The summed E-state index contributed by atoms with van der Waals surface area (Å²) in [5, 5.41) is 12.3. The fourth-order valence-electron chi connectivity index (χ4n) is 1.86. The van der Waals surface area contributed by atoms with Crippen molar-refractivity contribution in [3.63, 3.8) is 0 Å². The smallest absolute Gasteiger partial charge is 0.316 e. The summed E-state index contributed by atoms with van der Waals surface area (Å²) in [6.07, 6.45) is 0. The van der Waals surface area contributed by atoms with Crippen LogP contribution in [0.2, 0.25) is 5.02 Å². The number of hydrogen-bond donors (Lipinski definition) is 1. The summed E-state index contributed by atoms with van der Waals surface area (Å²) in [5.41, 5.74) is 1.81. The molecule has 0 fully saturated rings. The molecule has 1 aromatic heterocycles. The molecule has 1 heterocycles. The fourth-order valence-corrected chi connectivity index (χ4v) is 4.13. The third kappa shape index (κ3) is 4.22. The summed E-state index contributed by atoms with van der Waals surface area (Å²) >= 11 is 9.11. The maximum Gasteiger partial charge on any atom is 0.316 e. The number of hydrogen-bond acceptors (Lipinski definition) is 4. The van der Waals surface area contributed by atoms with E-state index in [1.807, 2.05) is 43.5 Å². The molecule has 0 spiro atoms. The number of carboxylic acids is 1. The van der Waals surface area contributed by atoms with Crippen molar-refractivity contribution in [3.05, 3.63) is 40.4 Å². The predicted octanol–water partition coefficient (Wildman–Crippen LogP) is 4.81. The minimum absolute atomic E-state index is 0.0918. The number of carboxylic acid groups (broad SMARTS) is 1. The lowest BCUT2D eigenvalue weighted by molar-refractivity contribution is -0.137. The lowest BCUT2D eigenvalue weighted by atomic mass is 10.1. The zero-order chi connectivity index (χ0) is 15.4. The zero-order valence-electron chi connectivity index (χ0n) is 11.7. The van der Waals surface area contributed by atoms with Crippen molar-refractivity contribution in [2.75, 3.05) is 0 Å². The third-order valence-electron chi connectivity index (χ3n) is 2.92. The Hall–Kier alpha value is -1.04. The van der Waals surface area contributed by atoms with E-state index in [0.29, 0.717) is 10.8 Å². The second kappa shape index (κ2) is 7.29. The number of thiazole rings is 1. The minimum Gasteiger partial charge on any atom is -0.480 e. The number of aliphatic carboxylic acids is 1. The molecule has 0 amide bonds. The second-order valence-electron chi connectivity index (χ2n) is 4.94. The van der Waals surface area contributed by atoms with Crippen LogP contribution in [-0.4, -0.2) is 21.3 Å². The highest BCUT2D eigenvalue weighted by molar-refractivity contribution is 7.99. The zero-order valence-corrected chi connectivity index (χ0v) is 14.1. The average molecular weight is 342 g/mol. The largest absolute Gasteiger partial charge is 0.480 e. The van der Waals surface area contributed by atoms with Gasteiger partial charge in [0.1, 0.15) is 10.3 Å². The Labute approximate surface area is 137 Å². The third-order valence-corrected chi connectivity index (χ3v) is 5.74. The van der Waals surface area contributed by atoms with E-state index in [9.17, 15) is 9.90 Å². The van der Waals surface area contributed by atoms with E-state index in [1.54, 1.807) is 0 Å². The van der Waals surface area contributed by atoms with E-state index in [1.165, 1.54) is 23.1 Å². The first-order valence-corrected chi connectivity index (χ1v) is 8.83. The van der Waals surface area contributed by atoms with E-state index in [2.05, 4.69) is 4.98 Å². The van der Waals surface area contributed by atoms with Crippen LogP contribution < -0.4 is 0 Å². The summed E-state index contributed by atoms with van der Waals surface area (Å²) in [7, 11) is 0. The number of carbonyl (C=O) groups is 1. The predicted molar refractivity (Wildman–Crippen MR) is 90.1 cm³/mol. The standard InChI is InChI=1S/C15H16ClNO2S2/c1-9(2)13(15(18)19)20-7-10-8-21-14(17-10)11-5-3-4-6-12(11)16/h3-6,8-9,13H,7H2,1-2H3,(H,18,19). The summed E-state index contributed by atoms with van der Waals surface area (Å²) in [5.74, 6) is -0.0819. The second-order valence-corrected chi connectivity index (χ2v) is 7.33. The molecular weight excluding hydrogens is 326 g/mol. The van der Waals surface area contributed by atoms with Gasteiger partial charge < -0.3 is 5.11 Å². The molecule has 0 saturated heterocycles. The Kier molecular flexibility index (Phi) is 5.67. The monoisotopic (exact) mass is 341 g/mol. The molecule has 3 nitrogen and oxygen atoms in total. The Morgan fingerprint density at radius 1 is 1.43 bits per heavy atom. The summed E-state index contributed by atoms with van der Waals surface area (Å²) < 4.78 is 0. The van der Waals surface area contributed by atoms with Gasteiger partial charge in [-0.25, -0.2) is 4.98 Å². The van der Waals surface area contributed by atoms with E-state index in [4.69, 9.17) is 11.6 Å². The summed E-state index contributed by atoms with van der Waals surface area (Å²) in [4.78, 5) is 15.7. The molecule has 1 aromatic carbocycles. The number of nitrogens with zero attached hydrogens (tertiary/aromatic N) is 1. The normalized spacial score (nSPS) is 12.6. The van der Waals surface area contributed by atoms with Crippen molar-refractivity contribution in [2.45, 2.75) is 24.9 Å². The quantitative estimate of drug-likeness (QED) is 0.819. The highest BCUT2D eigenvalue weighted by Gasteiger charge is 2.22. The van der Waals surface area contributed by atoms with Gasteiger partial charge in [0.2, 0.25) is 0 Å². The van der Waals surface area contributed by atoms with Crippen molar-refractivity contribution in [1.82, 2.24) is 4.98 Å². The maximum atomic E-state index is 11.2. The SMILES string of the molecule is CC(C)C(SCc1csc(-c2ccccc2Cl)n1)C(=O)O. The molecule has 112 valence electrons. The van der Waals surface area contributed by atoms with Crippen LogP contribution in [0.5, 0.6) is 0 Å². The van der Waals surface area contributed by atoms with Crippen LogP contribution >= 0.6 is 34.7 Å². The lowest BCUT2D eigenvalue weighted by Gasteiger charge is -2.14. The highest BCUT2D eigenvalue weighted by Crippen LogP contribution is 2.32. The van der Waals surface area contributed by atoms with Gasteiger partial charge in [0, 0.05) is 16.7 Å². The first kappa shape index (κ1) is 16.3. The van der Waals surface area contributed by atoms with Gasteiger partial charge in [0.25, 0.3) is 0 Å². The molecule has 1 atom stereocenters. The molecular formula is C15H16ClNO2S2. The van der Waals surface area contributed by atoms with Gasteiger partial charge in [-0.1, -0.05) is 43.6 Å². The van der Waals surface area contributed by atoms with Crippen molar-refractivity contribution in [2.24, 2.45) is 5.92 Å². The molecule has 1 unspecified atom stereocenters. The van der Waals surface area contributed by atoms with Crippen LogP contribution in [0, 0.1) is 5.92 Å². The van der Waals surface area contributed by atoms with Crippen LogP contribution in [0.4, 0.5) is 0 Å². The van der Waals surface area contributed by atoms with Gasteiger partial charge in [-0.3, -0.25) is 4.79 Å². The van der Waals surface area contributed by atoms with E-state index >= 15 is 0 Å². The topological polar surface area (TPSA) is 50.2 Å². The molecule has 2 aromatic rings. The molecule has 6 heteroatoms. The number of benzene rings is 1. The van der Waals surface area contributed by atoms with Crippen molar-refractivity contribution in [1.29, 1.82) is 0 Å². The fraction of sp³-hybridized carbons (Fsp3) is 0.333. The average Bonchev–Trinajstić information content (AvgIpc) is 2.87. The molecule has 0 bridgehead atoms. The molecule has 0 aliphatic carbocycles. The Morgan fingerprint density at radius 3 is 2.76 bits per heavy atom. The van der Waals surface area contributed by atoms with Gasteiger partial charge in [0.05, 0.1) is 10.7 Å². The van der Waals surface area contributed by atoms with Gasteiger partial charge in [-0.2, -0.15) is 0 Å². The Bertz CT molecular complexity index is 628. The van der Waals surface area contributed by atoms with Crippen LogP contribution in [-0.2, 0) is 10.5 Å². The maximum absolute atomic E-state index is 11.2. The number of halogens is 1. The van der Waals surface area contributed by atoms with E-state index < -0.39 is 11.2 Å². The van der Waals surface area contributed by atoms with Crippen LogP contribution in [0.15, 0.2) is 29.6 Å². The van der Waals surface area contributed by atoms with Crippen molar-refractivity contribution >= 4 is 40.7 Å². The molecule has 21 heavy (non-hydrogen) atoms. The molecule has 2 rings (SSSR count). The highest BCUT2D eigenvalue weighted by atomic mass is 35.5. The molecule has 0 aliphatic heterocycles. The van der Waals surface area contributed by atoms with Crippen LogP contribution in [0.3, 0.4) is 0 Å². The molecule has 0 radical (unpaired) electrons. The Balaban J connectivity index is 2.07. The number of thioether (sulfide) groups is 1. The van der Waals surface area contributed by atoms with Gasteiger partial charge in [-0.15, -0.1) is 23.1 Å². The van der Waals surface area contributed by atoms with Gasteiger partial charge in [-0.05, 0) is 12.0 Å². The molecule has 0 aliphatic rings. The molecule has 1 N–H and O–H groups in total. The van der Waals surface area contributed by atoms with Gasteiger partial charge in [0.15, 0.2) is 0 Å². The van der Waals surface area contributed by atoms with Crippen molar-refractivity contribution < 1.29 is 9.90 Å².